The summed E-state index contributed by atoms with van der Waals surface area (Å²) >= 11 is 0. The molecule has 2 fully saturated rings. The van der Waals surface area contributed by atoms with E-state index in [9.17, 15) is 14.7 Å². The fourth-order valence-corrected chi connectivity index (χ4v) is 6.30. The molecule has 0 atom stereocenters. The van der Waals surface area contributed by atoms with Gasteiger partial charge in [-0.2, -0.15) is 0 Å². The summed E-state index contributed by atoms with van der Waals surface area (Å²) in [5.41, 5.74) is 2.35. The van der Waals surface area contributed by atoms with Crippen LogP contribution in [0.5, 0.6) is 0 Å². The monoisotopic (exact) mass is 573 g/mol. The summed E-state index contributed by atoms with van der Waals surface area (Å²) in [5, 5.41) is 9.66. The fourth-order valence-electron chi connectivity index (χ4n) is 6.30. The van der Waals surface area contributed by atoms with E-state index in [1.54, 1.807) is 6.07 Å². The number of benzene rings is 2. The summed E-state index contributed by atoms with van der Waals surface area (Å²) in [6, 6.07) is 11.5. The van der Waals surface area contributed by atoms with Crippen LogP contribution in [0.1, 0.15) is 80.5 Å². The zero-order valence-electron chi connectivity index (χ0n) is 24.4. The number of aromatic nitrogens is 3. The Morgan fingerprint density at radius 2 is 1.74 bits per heavy atom. The standard InChI is InChI=1S/C33H40FN5O3/c1-2-3-4-5-6-9-14-38-28-11-8-7-10-27(28)35-31(38)22-36-15-17-37(18-16-36)30-20-29-24(19-26(30)34)32(40)25(33(41)42)21-39(29)23-12-13-23/h7-8,10-11,19-21,23H,2-6,9,12-18,22H2,1H3,(H,41,42). The lowest BCUT2D eigenvalue weighted by Crippen LogP contribution is -2.46. The van der Waals surface area contributed by atoms with E-state index < -0.39 is 17.2 Å². The van der Waals surface area contributed by atoms with Gasteiger partial charge in [-0.25, -0.2) is 14.2 Å². The van der Waals surface area contributed by atoms with Crippen molar-refractivity contribution in [1.29, 1.82) is 0 Å². The third kappa shape index (κ3) is 5.79. The smallest absolute Gasteiger partial charge is 0.341 e. The molecular formula is C33H40FN5O3. The van der Waals surface area contributed by atoms with Crippen molar-refractivity contribution in [3.05, 3.63) is 70.0 Å². The topological polar surface area (TPSA) is 83.6 Å². The van der Waals surface area contributed by atoms with Crippen molar-refractivity contribution in [2.45, 2.75) is 77.4 Å². The van der Waals surface area contributed by atoms with Gasteiger partial charge in [-0.1, -0.05) is 51.2 Å². The molecule has 2 aromatic carbocycles. The quantitative estimate of drug-likeness (QED) is 0.203. The number of fused-ring (bicyclic) bond motifs is 2. The van der Waals surface area contributed by atoms with Gasteiger partial charge in [-0.15, -0.1) is 0 Å². The summed E-state index contributed by atoms with van der Waals surface area (Å²) in [4.78, 5) is 33.9. The van der Waals surface area contributed by atoms with Gasteiger partial charge < -0.3 is 19.1 Å². The van der Waals surface area contributed by atoms with Crippen LogP contribution in [0.2, 0.25) is 0 Å². The zero-order chi connectivity index (χ0) is 29.2. The SMILES string of the molecule is CCCCCCCCn1c(CN2CCN(c3cc4c(cc3F)c(=O)c(C(=O)O)cn4C3CC3)CC2)nc2ccccc21. The number of nitrogens with zero attached hydrogens (tertiary/aromatic N) is 5. The second-order valence-corrected chi connectivity index (χ2v) is 11.8. The van der Waals surface area contributed by atoms with Crippen molar-refractivity contribution in [2.75, 3.05) is 31.1 Å². The maximum atomic E-state index is 15.4. The van der Waals surface area contributed by atoms with Crippen LogP contribution < -0.4 is 10.3 Å². The summed E-state index contributed by atoms with van der Waals surface area (Å²) in [6.07, 6.45) is 10.8. The fraction of sp³-hybridized carbons (Fsp3) is 0.485. The largest absolute Gasteiger partial charge is 0.477 e. The minimum atomic E-state index is -1.28. The van der Waals surface area contributed by atoms with Crippen LogP contribution in [0.15, 0.2) is 47.4 Å². The summed E-state index contributed by atoms with van der Waals surface area (Å²) in [7, 11) is 0. The molecule has 0 spiro atoms. The summed E-state index contributed by atoms with van der Waals surface area (Å²) in [5.74, 6) is -0.686. The minimum absolute atomic E-state index is 0.131. The predicted molar refractivity (Wildman–Crippen MR) is 164 cm³/mol. The molecule has 0 radical (unpaired) electrons. The molecule has 3 heterocycles. The van der Waals surface area contributed by atoms with Gasteiger partial charge in [0.05, 0.1) is 28.8 Å². The number of carbonyl (C=O) groups is 1. The first-order valence-corrected chi connectivity index (χ1v) is 15.5. The number of rotatable bonds is 12. The molecule has 222 valence electrons. The molecule has 6 rings (SSSR count). The molecule has 1 N–H and O–H groups in total. The Balaban J connectivity index is 1.17. The molecule has 1 aliphatic heterocycles. The third-order valence-electron chi connectivity index (χ3n) is 8.82. The molecule has 2 aliphatic rings. The van der Waals surface area contributed by atoms with E-state index in [1.807, 2.05) is 15.5 Å². The summed E-state index contributed by atoms with van der Waals surface area (Å²) < 4.78 is 19.7. The molecule has 1 aliphatic carbocycles. The molecule has 0 bridgehead atoms. The molecule has 1 saturated carbocycles. The van der Waals surface area contributed by atoms with E-state index >= 15 is 4.39 Å². The molecule has 8 nitrogen and oxygen atoms in total. The van der Waals surface area contributed by atoms with Crippen molar-refractivity contribution in [1.82, 2.24) is 19.0 Å². The lowest BCUT2D eigenvalue weighted by atomic mass is 10.1. The minimum Gasteiger partial charge on any atom is -0.477 e. The van der Waals surface area contributed by atoms with Crippen molar-refractivity contribution < 1.29 is 14.3 Å². The number of aromatic carboxylic acids is 1. The number of hydrogen-bond donors (Lipinski definition) is 1. The number of hydrogen-bond acceptors (Lipinski definition) is 5. The van der Waals surface area contributed by atoms with Gasteiger partial charge in [0.25, 0.3) is 0 Å². The van der Waals surface area contributed by atoms with E-state index in [-0.39, 0.29) is 17.0 Å². The van der Waals surface area contributed by atoms with Gasteiger partial charge in [-0.3, -0.25) is 9.69 Å². The Morgan fingerprint density at radius 3 is 2.48 bits per heavy atom. The lowest BCUT2D eigenvalue weighted by Gasteiger charge is -2.36. The van der Waals surface area contributed by atoms with Crippen LogP contribution in [0.25, 0.3) is 21.9 Å². The highest BCUT2D eigenvalue weighted by atomic mass is 19.1. The van der Waals surface area contributed by atoms with E-state index in [4.69, 9.17) is 4.98 Å². The first-order chi connectivity index (χ1) is 20.4. The number of unbranched alkanes of at least 4 members (excludes halogenated alkanes) is 5. The molecular weight excluding hydrogens is 533 g/mol. The van der Waals surface area contributed by atoms with Crippen LogP contribution in [0, 0.1) is 5.82 Å². The number of carboxylic acid groups (broad SMARTS) is 1. The number of pyridine rings is 1. The van der Waals surface area contributed by atoms with E-state index in [0.717, 1.165) is 56.8 Å². The van der Waals surface area contributed by atoms with Crippen molar-refractivity contribution >= 4 is 33.6 Å². The van der Waals surface area contributed by atoms with Gasteiger partial charge in [0, 0.05) is 50.3 Å². The number of piperazine rings is 1. The van der Waals surface area contributed by atoms with Crippen molar-refractivity contribution in [3.8, 4) is 0 Å². The molecule has 2 aromatic heterocycles. The molecule has 0 unspecified atom stereocenters. The van der Waals surface area contributed by atoms with Gasteiger partial charge in [-0.05, 0) is 43.5 Å². The van der Waals surface area contributed by atoms with Crippen LogP contribution in [-0.4, -0.2) is 56.3 Å². The highest BCUT2D eigenvalue weighted by molar-refractivity contribution is 5.93. The highest BCUT2D eigenvalue weighted by Crippen LogP contribution is 2.38. The van der Waals surface area contributed by atoms with E-state index in [1.165, 1.54) is 49.9 Å². The van der Waals surface area contributed by atoms with E-state index in [2.05, 4.69) is 34.6 Å². The Bertz CT molecular complexity index is 1650. The van der Waals surface area contributed by atoms with E-state index in [0.29, 0.717) is 24.3 Å². The Hall–Kier alpha value is -3.72. The normalized spacial score (nSPS) is 16.1. The predicted octanol–water partition coefficient (Wildman–Crippen LogP) is 6.21. The number of halogens is 1. The molecule has 4 aromatic rings. The number of aryl methyl sites for hydroxylation is 1. The number of imidazole rings is 1. The number of para-hydroxylation sites is 2. The average Bonchev–Trinajstić information content (AvgIpc) is 3.77. The first kappa shape index (κ1) is 28.4. The van der Waals surface area contributed by atoms with Crippen LogP contribution >= 0.6 is 0 Å². The second-order valence-electron chi connectivity index (χ2n) is 11.8. The molecule has 0 amide bonds. The third-order valence-corrected chi connectivity index (χ3v) is 8.82. The second kappa shape index (κ2) is 12.3. The number of anilines is 1. The molecule has 42 heavy (non-hydrogen) atoms. The van der Waals surface area contributed by atoms with Crippen molar-refractivity contribution in [2.24, 2.45) is 0 Å². The average molecular weight is 574 g/mol. The zero-order valence-corrected chi connectivity index (χ0v) is 24.4. The lowest BCUT2D eigenvalue weighted by molar-refractivity contribution is 0.0695. The maximum absolute atomic E-state index is 15.4. The van der Waals surface area contributed by atoms with Crippen LogP contribution in [0.4, 0.5) is 10.1 Å². The Kier molecular flexibility index (Phi) is 8.29. The first-order valence-electron chi connectivity index (χ1n) is 15.5. The van der Waals surface area contributed by atoms with Gasteiger partial charge in [0.15, 0.2) is 0 Å². The maximum Gasteiger partial charge on any atom is 0.341 e. The summed E-state index contributed by atoms with van der Waals surface area (Å²) in [6.45, 7) is 6.81. The van der Waals surface area contributed by atoms with Crippen molar-refractivity contribution in [3.63, 3.8) is 0 Å². The van der Waals surface area contributed by atoms with Gasteiger partial charge in [0.2, 0.25) is 5.43 Å². The molecule has 1 saturated heterocycles. The van der Waals surface area contributed by atoms with Gasteiger partial charge in [0.1, 0.15) is 17.2 Å². The van der Waals surface area contributed by atoms with Crippen LogP contribution in [0.3, 0.4) is 0 Å². The molecule has 9 heteroatoms. The Morgan fingerprint density at radius 1 is 1.00 bits per heavy atom. The van der Waals surface area contributed by atoms with Gasteiger partial charge >= 0.3 is 5.97 Å². The number of carboxylic acids is 1. The highest BCUT2D eigenvalue weighted by Gasteiger charge is 2.29. The van der Waals surface area contributed by atoms with Crippen LogP contribution in [-0.2, 0) is 13.1 Å². The Labute approximate surface area is 245 Å².